The number of ether oxygens (including phenoxy) is 1. The van der Waals surface area contributed by atoms with Gasteiger partial charge in [0.15, 0.2) is 0 Å². The summed E-state index contributed by atoms with van der Waals surface area (Å²) in [6.07, 6.45) is 2.19. The van der Waals surface area contributed by atoms with Crippen molar-refractivity contribution >= 4 is 5.91 Å². The second-order valence-electron chi connectivity index (χ2n) is 8.40. The van der Waals surface area contributed by atoms with Gasteiger partial charge in [0.25, 0.3) is 0 Å². The highest BCUT2D eigenvalue weighted by Crippen LogP contribution is 2.29. The zero-order valence-corrected chi connectivity index (χ0v) is 17.2. The standard InChI is InChI=1S/C22H36N2O2/c1-6-23-15-18-11-13-24(14-12-18)21(25)22(4,5)19-7-9-20(10-8-19)26-16-17(2)3/h7-10,17-18,23H,6,11-16H2,1-5H3. The first-order chi connectivity index (χ1) is 12.3. The lowest BCUT2D eigenvalue weighted by atomic mass is 9.82. The third kappa shape index (κ3) is 5.47. The summed E-state index contributed by atoms with van der Waals surface area (Å²) in [5.74, 6) is 2.30. The van der Waals surface area contributed by atoms with Gasteiger partial charge in [-0.05, 0) is 69.3 Å². The van der Waals surface area contributed by atoms with Crippen molar-refractivity contribution in [2.24, 2.45) is 11.8 Å². The van der Waals surface area contributed by atoms with Crippen molar-refractivity contribution in [1.82, 2.24) is 10.2 Å². The van der Waals surface area contributed by atoms with E-state index in [0.29, 0.717) is 18.4 Å². The lowest BCUT2D eigenvalue weighted by Crippen LogP contribution is -2.47. The molecule has 1 fully saturated rings. The highest BCUT2D eigenvalue weighted by Gasteiger charge is 2.35. The van der Waals surface area contributed by atoms with Gasteiger partial charge in [0.2, 0.25) is 5.91 Å². The summed E-state index contributed by atoms with van der Waals surface area (Å²) >= 11 is 0. The third-order valence-electron chi connectivity index (χ3n) is 5.28. The maximum absolute atomic E-state index is 13.1. The third-order valence-corrected chi connectivity index (χ3v) is 5.28. The fourth-order valence-corrected chi connectivity index (χ4v) is 3.44. The first-order valence-corrected chi connectivity index (χ1v) is 10.1. The van der Waals surface area contributed by atoms with Crippen LogP contribution < -0.4 is 10.1 Å². The first-order valence-electron chi connectivity index (χ1n) is 10.1. The molecule has 0 spiro atoms. The molecule has 4 heteroatoms. The van der Waals surface area contributed by atoms with E-state index in [4.69, 9.17) is 4.74 Å². The number of piperidine rings is 1. The number of benzene rings is 1. The van der Waals surface area contributed by atoms with Crippen LogP contribution in [0.5, 0.6) is 5.75 Å². The Morgan fingerprint density at radius 1 is 1.23 bits per heavy atom. The zero-order valence-electron chi connectivity index (χ0n) is 17.2. The van der Waals surface area contributed by atoms with Gasteiger partial charge in [0.1, 0.15) is 5.75 Å². The second kappa shape index (κ2) is 9.40. The molecule has 2 rings (SSSR count). The second-order valence-corrected chi connectivity index (χ2v) is 8.40. The van der Waals surface area contributed by atoms with Crippen molar-refractivity contribution in [3.05, 3.63) is 29.8 Å². The van der Waals surface area contributed by atoms with E-state index in [0.717, 1.165) is 50.3 Å². The maximum Gasteiger partial charge on any atom is 0.232 e. The largest absolute Gasteiger partial charge is 0.493 e. The highest BCUT2D eigenvalue weighted by atomic mass is 16.5. The first kappa shape index (κ1) is 20.8. The van der Waals surface area contributed by atoms with Crippen LogP contribution in [-0.2, 0) is 10.2 Å². The van der Waals surface area contributed by atoms with Crippen LogP contribution in [0.2, 0.25) is 0 Å². The van der Waals surface area contributed by atoms with E-state index in [1.54, 1.807) is 0 Å². The van der Waals surface area contributed by atoms with Crippen molar-refractivity contribution < 1.29 is 9.53 Å². The molecule has 1 aliphatic rings. The van der Waals surface area contributed by atoms with Crippen LogP contribution in [0.15, 0.2) is 24.3 Å². The van der Waals surface area contributed by atoms with E-state index in [1.807, 2.05) is 43.0 Å². The van der Waals surface area contributed by atoms with E-state index in [2.05, 4.69) is 26.1 Å². The Bertz CT molecular complexity index is 558. The molecule has 1 aromatic carbocycles. The number of hydrogen-bond donors (Lipinski definition) is 1. The van der Waals surface area contributed by atoms with Crippen LogP contribution in [0.25, 0.3) is 0 Å². The van der Waals surface area contributed by atoms with Gasteiger partial charge in [-0.1, -0.05) is 32.9 Å². The molecule has 4 nitrogen and oxygen atoms in total. The quantitative estimate of drug-likeness (QED) is 0.766. The molecular formula is C22H36N2O2. The molecule has 1 aromatic rings. The van der Waals surface area contributed by atoms with Crippen LogP contribution in [0, 0.1) is 11.8 Å². The van der Waals surface area contributed by atoms with Crippen LogP contribution in [0.1, 0.15) is 53.0 Å². The molecule has 0 bridgehead atoms. The molecule has 1 aliphatic heterocycles. The number of carbonyl (C=O) groups excluding carboxylic acids is 1. The fraction of sp³-hybridized carbons (Fsp3) is 0.682. The van der Waals surface area contributed by atoms with E-state index in [1.165, 1.54) is 0 Å². The Morgan fingerprint density at radius 2 is 1.85 bits per heavy atom. The molecule has 26 heavy (non-hydrogen) atoms. The number of likely N-dealkylation sites (tertiary alicyclic amines) is 1. The summed E-state index contributed by atoms with van der Waals surface area (Å²) in [7, 11) is 0. The molecule has 1 N–H and O–H groups in total. The summed E-state index contributed by atoms with van der Waals surface area (Å²) in [6, 6.07) is 8.03. The topological polar surface area (TPSA) is 41.6 Å². The molecule has 1 heterocycles. The molecule has 1 saturated heterocycles. The van der Waals surface area contributed by atoms with Crippen LogP contribution in [-0.4, -0.2) is 43.6 Å². The van der Waals surface area contributed by atoms with Crippen molar-refractivity contribution in [3.63, 3.8) is 0 Å². The van der Waals surface area contributed by atoms with Crippen molar-refractivity contribution in [2.45, 2.75) is 52.9 Å². The smallest absolute Gasteiger partial charge is 0.232 e. The van der Waals surface area contributed by atoms with Crippen LogP contribution in [0.3, 0.4) is 0 Å². The van der Waals surface area contributed by atoms with E-state index in [9.17, 15) is 4.79 Å². The number of amides is 1. The average molecular weight is 361 g/mol. The minimum absolute atomic E-state index is 0.232. The summed E-state index contributed by atoms with van der Waals surface area (Å²) < 4.78 is 5.75. The van der Waals surface area contributed by atoms with Gasteiger partial charge in [-0.15, -0.1) is 0 Å². The Balaban J connectivity index is 1.95. The van der Waals surface area contributed by atoms with Crippen molar-refractivity contribution in [1.29, 1.82) is 0 Å². The number of nitrogens with one attached hydrogen (secondary N) is 1. The Kier molecular flexibility index (Phi) is 7.51. The van der Waals surface area contributed by atoms with E-state index >= 15 is 0 Å². The number of hydrogen-bond acceptors (Lipinski definition) is 3. The minimum Gasteiger partial charge on any atom is -0.493 e. The normalized spacial score (nSPS) is 16.2. The molecule has 0 atom stereocenters. The summed E-state index contributed by atoms with van der Waals surface area (Å²) in [6.45, 7) is 15.0. The molecule has 0 radical (unpaired) electrons. The highest BCUT2D eigenvalue weighted by molar-refractivity contribution is 5.87. The number of nitrogens with zero attached hydrogens (tertiary/aromatic N) is 1. The Labute approximate surface area is 159 Å². The van der Waals surface area contributed by atoms with Crippen molar-refractivity contribution in [2.75, 3.05) is 32.8 Å². The molecular weight excluding hydrogens is 324 g/mol. The Morgan fingerprint density at radius 3 is 2.38 bits per heavy atom. The van der Waals surface area contributed by atoms with Gasteiger partial charge < -0.3 is 15.0 Å². The minimum atomic E-state index is -0.509. The molecule has 0 unspecified atom stereocenters. The van der Waals surface area contributed by atoms with Gasteiger partial charge in [0, 0.05) is 13.1 Å². The van der Waals surface area contributed by atoms with E-state index in [-0.39, 0.29) is 5.91 Å². The SMILES string of the molecule is CCNCC1CCN(C(=O)C(C)(C)c2ccc(OCC(C)C)cc2)CC1. The Hall–Kier alpha value is -1.55. The number of carbonyl (C=O) groups is 1. The zero-order chi connectivity index (χ0) is 19.2. The van der Waals surface area contributed by atoms with Gasteiger partial charge >= 0.3 is 0 Å². The molecule has 0 aromatic heterocycles. The lowest BCUT2D eigenvalue weighted by Gasteiger charge is -2.37. The van der Waals surface area contributed by atoms with Gasteiger partial charge in [-0.3, -0.25) is 4.79 Å². The van der Waals surface area contributed by atoms with E-state index < -0.39 is 5.41 Å². The molecule has 0 aliphatic carbocycles. The molecule has 1 amide bonds. The van der Waals surface area contributed by atoms with Crippen LogP contribution in [0.4, 0.5) is 0 Å². The number of rotatable bonds is 8. The van der Waals surface area contributed by atoms with Crippen LogP contribution >= 0.6 is 0 Å². The average Bonchev–Trinajstić information content (AvgIpc) is 2.64. The maximum atomic E-state index is 13.1. The predicted octanol–water partition coefficient (Wildman–Crippen LogP) is 3.85. The molecule has 146 valence electrons. The lowest BCUT2D eigenvalue weighted by molar-refractivity contribution is -0.137. The predicted molar refractivity (Wildman–Crippen MR) is 108 cm³/mol. The van der Waals surface area contributed by atoms with Gasteiger partial charge in [-0.25, -0.2) is 0 Å². The summed E-state index contributed by atoms with van der Waals surface area (Å²) in [5, 5.41) is 3.43. The molecule has 0 saturated carbocycles. The summed E-state index contributed by atoms with van der Waals surface area (Å²) in [4.78, 5) is 15.2. The van der Waals surface area contributed by atoms with Gasteiger partial charge in [-0.2, -0.15) is 0 Å². The van der Waals surface area contributed by atoms with Gasteiger partial charge in [0.05, 0.1) is 12.0 Å². The fourth-order valence-electron chi connectivity index (χ4n) is 3.44. The summed E-state index contributed by atoms with van der Waals surface area (Å²) in [5.41, 5.74) is 0.541. The monoisotopic (exact) mass is 360 g/mol. The van der Waals surface area contributed by atoms with Crippen molar-refractivity contribution in [3.8, 4) is 5.75 Å².